The number of allylic oxidation sites excluding steroid dienone is 1. The molecule has 48 heavy (non-hydrogen) atoms. The summed E-state index contributed by atoms with van der Waals surface area (Å²) in [5.41, 5.74) is 3.75. The second-order valence-corrected chi connectivity index (χ2v) is 16.0. The maximum absolute atomic E-state index is 13.7. The van der Waals surface area contributed by atoms with Crippen LogP contribution in [-0.2, 0) is 40.3 Å². The number of carbonyl (C=O) groups is 3. The molecule has 256 valence electrons. The molecule has 9 nitrogen and oxygen atoms in total. The van der Waals surface area contributed by atoms with Crippen molar-refractivity contribution in [3.63, 3.8) is 0 Å². The Balaban J connectivity index is 1.05. The van der Waals surface area contributed by atoms with E-state index in [0.29, 0.717) is 64.2 Å². The molecule has 4 fully saturated rings. The molecule has 2 aromatic rings. The minimum Gasteiger partial charge on any atom is -0.504 e. The van der Waals surface area contributed by atoms with E-state index >= 15 is 0 Å². The van der Waals surface area contributed by atoms with Crippen molar-refractivity contribution in [2.45, 2.75) is 103 Å². The second-order valence-electron chi connectivity index (χ2n) is 16.0. The molecule has 2 unspecified atom stereocenters. The summed E-state index contributed by atoms with van der Waals surface area (Å²) in [6.07, 6.45) is 12.9. The van der Waals surface area contributed by atoms with Crippen molar-refractivity contribution in [3.8, 4) is 23.0 Å². The zero-order valence-corrected chi connectivity index (χ0v) is 27.8. The number of ketones is 1. The van der Waals surface area contributed by atoms with Crippen LogP contribution in [0.5, 0.6) is 23.0 Å². The number of carbonyl (C=O) groups excluding carboxylic acids is 3. The lowest BCUT2D eigenvalue weighted by atomic mass is 9.37. The zero-order chi connectivity index (χ0) is 33.8. The van der Waals surface area contributed by atoms with Gasteiger partial charge in [0.1, 0.15) is 0 Å². The van der Waals surface area contributed by atoms with E-state index < -0.39 is 0 Å². The molecule has 2 atom stereocenters. The third kappa shape index (κ3) is 6.16. The maximum atomic E-state index is 13.7. The number of fused-ring (bicyclic) bond motifs is 2. The first-order valence-electron chi connectivity index (χ1n) is 17.7. The third-order valence-corrected chi connectivity index (χ3v) is 12.6. The Morgan fingerprint density at radius 2 is 1.02 bits per heavy atom. The number of amides is 2. The fraction of sp³-hybridized carbons (Fsp3) is 0.564. The summed E-state index contributed by atoms with van der Waals surface area (Å²) in [5.74, 6) is 0.266. The van der Waals surface area contributed by atoms with Crippen LogP contribution in [0, 0.1) is 22.2 Å². The molecular weight excluding hydrogens is 608 g/mol. The molecular formula is C39H48N2O7. The highest BCUT2D eigenvalue weighted by Crippen LogP contribution is 2.73. The van der Waals surface area contributed by atoms with Crippen LogP contribution in [0.2, 0.25) is 0 Å². The lowest BCUT2D eigenvalue weighted by Gasteiger charge is -2.67. The lowest BCUT2D eigenvalue weighted by Crippen LogP contribution is -2.57. The Bertz CT molecular complexity index is 1560. The number of hydrogen-bond acceptors (Lipinski definition) is 7. The molecule has 4 bridgehead atoms. The average molecular weight is 657 g/mol. The van der Waals surface area contributed by atoms with Crippen LogP contribution in [0.4, 0.5) is 0 Å². The van der Waals surface area contributed by atoms with Crippen LogP contribution >= 0.6 is 0 Å². The molecule has 2 amide bonds. The van der Waals surface area contributed by atoms with Crippen LogP contribution in [0.1, 0.15) is 99.3 Å². The Morgan fingerprint density at radius 3 is 1.42 bits per heavy atom. The van der Waals surface area contributed by atoms with Gasteiger partial charge in [0.05, 0.1) is 0 Å². The van der Waals surface area contributed by atoms with E-state index in [4.69, 9.17) is 0 Å². The van der Waals surface area contributed by atoms with Gasteiger partial charge >= 0.3 is 0 Å². The fourth-order valence-electron chi connectivity index (χ4n) is 11.0. The van der Waals surface area contributed by atoms with Gasteiger partial charge in [-0.25, -0.2) is 0 Å². The second kappa shape index (κ2) is 12.1. The number of hydrogen-bond donors (Lipinski definition) is 4. The number of benzene rings is 2. The highest BCUT2D eigenvalue weighted by molar-refractivity contribution is 5.89. The SMILES string of the molecule is C=CC(=O)CCC12CC3CC(CCC(=O)N4CCc5cc(O)c(O)cc5C4)(C1)CC(CCC(=O)N1CCc4cc(O)c(O)cc4C1)(C3)C2. The van der Waals surface area contributed by atoms with E-state index in [1.54, 1.807) is 24.3 Å². The monoisotopic (exact) mass is 656 g/mol. The van der Waals surface area contributed by atoms with Gasteiger partial charge in [0.2, 0.25) is 11.8 Å². The predicted molar refractivity (Wildman–Crippen MR) is 179 cm³/mol. The molecule has 9 heteroatoms. The van der Waals surface area contributed by atoms with Gasteiger partial charge in [0.15, 0.2) is 28.8 Å². The van der Waals surface area contributed by atoms with E-state index in [2.05, 4.69) is 6.58 Å². The predicted octanol–water partition coefficient (Wildman–Crippen LogP) is 6.03. The topological polar surface area (TPSA) is 139 Å². The van der Waals surface area contributed by atoms with Gasteiger partial charge in [-0.15, -0.1) is 0 Å². The molecule has 8 rings (SSSR count). The van der Waals surface area contributed by atoms with Crippen molar-refractivity contribution >= 4 is 17.6 Å². The molecule has 6 aliphatic rings. The summed E-state index contributed by atoms with van der Waals surface area (Å²) in [6.45, 7) is 5.74. The van der Waals surface area contributed by atoms with Gasteiger partial charge in [-0.2, -0.15) is 0 Å². The van der Waals surface area contributed by atoms with Crippen molar-refractivity contribution in [1.82, 2.24) is 9.80 Å². The molecule has 2 aromatic carbocycles. The normalized spacial score (nSPS) is 28.5. The van der Waals surface area contributed by atoms with Gasteiger partial charge in [-0.05, 0) is 145 Å². The third-order valence-electron chi connectivity index (χ3n) is 12.6. The lowest BCUT2D eigenvalue weighted by molar-refractivity contribution is -0.172. The number of aromatic hydroxyl groups is 4. The molecule has 4 saturated carbocycles. The number of rotatable bonds is 10. The molecule has 2 aliphatic heterocycles. The zero-order valence-electron chi connectivity index (χ0n) is 27.8. The summed E-state index contributed by atoms with van der Waals surface area (Å²) in [5, 5.41) is 39.9. The van der Waals surface area contributed by atoms with Crippen molar-refractivity contribution in [2.24, 2.45) is 22.2 Å². The van der Waals surface area contributed by atoms with Gasteiger partial charge in [0, 0.05) is 45.4 Å². The minimum absolute atomic E-state index is 0.0106. The van der Waals surface area contributed by atoms with Crippen LogP contribution in [0.25, 0.3) is 0 Å². The molecule has 4 aliphatic carbocycles. The summed E-state index contributed by atoms with van der Waals surface area (Å²) < 4.78 is 0. The standard InChI is InChI=1S/C39H48N2O7/c1-2-30(42)3-8-37-17-25-18-38(22-37,9-4-35(47)40-11-6-26-13-31(43)33(45)15-28(26)20-40)24-39(19-25,23-37)10-5-36(48)41-12-7-27-14-32(44)34(46)16-29(27)21-41/h2,13-16,25,43-46H,1,3-12,17-24H2. The van der Waals surface area contributed by atoms with Crippen molar-refractivity contribution in [1.29, 1.82) is 0 Å². The molecule has 0 radical (unpaired) electrons. The molecule has 4 N–H and O–H groups in total. The Hall–Kier alpha value is -4.01. The molecule has 0 saturated heterocycles. The molecule has 2 heterocycles. The fourth-order valence-corrected chi connectivity index (χ4v) is 11.0. The van der Waals surface area contributed by atoms with Crippen LogP contribution in [0.3, 0.4) is 0 Å². The highest BCUT2D eigenvalue weighted by Gasteiger charge is 2.62. The number of nitrogens with zero attached hydrogens (tertiary/aromatic N) is 2. The summed E-state index contributed by atoms with van der Waals surface area (Å²) in [4.78, 5) is 43.5. The van der Waals surface area contributed by atoms with E-state index in [0.717, 1.165) is 80.0 Å². The van der Waals surface area contributed by atoms with E-state index in [-0.39, 0.29) is 56.8 Å². The summed E-state index contributed by atoms with van der Waals surface area (Å²) >= 11 is 0. The maximum Gasteiger partial charge on any atom is 0.222 e. The summed E-state index contributed by atoms with van der Waals surface area (Å²) in [6, 6.07) is 6.34. The van der Waals surface area contributed by atoms with Gasteiger partial charge in [-0.1, -0.05) is 6.58 Å². The quantitative estimate of drug-likeness (QED) is 0.181. The van der Waals surface area contributed by atoms with E-state index in [9.17, 15) is 34.8 Å². The number of phenols is 4. The van der Waals surface area contributed by atoms with Crippen LogP contribution in [-0.4, -0.2) is 60.9 Å². The highest BCUT2D eigenvalue weighted by atomic mass is 16.3. The molecule has 0 aromatic heterocycles. The smallest absolute Gasteiger partial charge is 0.222 e. The van der Waals surface area contributed by atoms with E-state index in [1.807, 2.05) is 9.80 Å². The first-order valence-corrected chi connectivity index (χ1v) is 17.7. The first-order chi connectivity index (χ1) is 22.9. The average Bonchev–Trinajstić information content (AvgIpc) is 3.05. The largest absolute Gasteiger partial charge is 0.504 e. The summed E-state index contributed by atoms with van der Waals surface area (Å²) in [7, 11) is 0. The van der Waals surface area contributed by atoms with Crippen molar-refractivity contribution < 1.29 is 34.8 Å². The van der Waals surface area contributed by atoms with Crippen LogP contribution in [0.15, 0.2) is 36.9 Å². The minimum atomic E-state index is -0.162. The Morgan fingerprint density at radius 1 is 0.646 bits per heavy atom. The van der Waals surface area contributed by atoms with E-state index in [1.165, 1.54) is 6.08 Å². The number of phenolic OH excluding ortho intramolecular Hbond substituents is 4. The van der Waals surface area contributed by atoms with Gasteiger partial charge in [-0.3, -0.25) is 14.4 Å². The first kappa shape index (κ1) is 32.5. The van der Waals surface area contributed by atoms with Crippen LogP contribution < -0.4 is 0 Å². The Kier molecular flexibility index (Phi) is 8.23. The van der Waals surface area contributed by atoms with Crippen molar-refractivity contribution in [3.05, 3.63) is 59.2 Å². The van der Waals surface area contributed by atoms with Gasteiger partial charge in [0.25, 0.3) is 0 Å². The Labute approximate surface area is 282 Å². The van der Waals surface area contributed by atoms with Gasteiger partial charge < -0.3 is 30.2 Å². The molecule has 0 spiro atoms. The van der Waals surface area contributed by atoms with Crippen molar-refractivity contribution in [2.75, 3.05) is 13.1 Å².